The smallest absolute Gasteiger partial charge is 0.320 e. The lowest BCUT2D eigenvalue weighted by Crippen LogP contribution is -2.64. The number of amides is 3. The van der Waals surface area contributed by atoms with Crippen LogP contribution in [0.4, 0.5) is 4.79 Å². The maximum absolute atomic E-state index is 12.8. The highest BCUT2D eigenvalue weighted by atomic mass is 32.2. The van der Waals surface area contributed by atoms with Gasteiger partial charge in [0.2, 0.25) is 5.91 Å². The van der Waals surface area contributed by atoms with Crippen molar-refractivity contribution in [2.24, 2.45) is 0 Å². The number of likely N-dealkylation sites (tertiary alicyclic amines) is 1. The molecule has 24 heavy (non-hydrogen) atoms. The number of carbonyl (C=O) groups excluding carboxylic acids is 2. The molecule has 3 fully saturated rings. The van der Waals surface area contributed by atoms with Crippen LogP contribution in [0.15, 0.2) is 0 Å². The van der Waals surface area contributed by atoms with Crippen molar-refractivity contribution >= 4 is 21.8 Å². The minimum Gasteiger partial charge on any atom is -0.334 e. The summed E-state index contributed by atoms with van der Waals surface area (Å²) < 4.78 is 24.4. The minimum absolute atomic E-state index is 0.0387. The SMILES string of the molecule is CN(C)CC(=O)N1CCN(C(=O)N2CCCC2)[C@H]2CS(=O)(=O)C[C@H]21. The van der Waals surface area contributed by atoms with Crippen LogP contribution in [0.25, 0.3) is 0 Å². The third-order valence-corrected chi connectivity index (χ3v) is 6.77. The van der Waals surface area contributed by atoms with Crippen molar-refractivity contribution in [3.05, 3.63) is 0 Å². The Morgan fingerprint density at radius 3 is 2.08 bits per heavy atom. The molecule has 0 N–H and O–H groups in total. The predicted octanol–water partition coefficient (Wildman–Crippen LogP) is -0.926. The number of rotatable bonds is 2. The molecule has 9 heteroatoms. The summed E-state index contributed by atoms with van der Waals surface area (Å²) in [6.07, 6.45) is 2.00. The highest BCUT2D eigenvalue weighted by molar-refractivity contribution is 7.91. The molecule has 0 spiro atoms. The van der Waals surface area contributed by atoms with E-state index in [1.54, 1.807) is 19.6 Å². The largest absolute Gasteiger partial charge is 0.334 e. The molecule has 0 unspecified atom stereocenters. The van der Waals surface area contributed by atoms with E-state index < -0.39 is 21.9 Å². The average Bonchev–Trinajstić information content (AvgIpc) is 3.10. The summed E-state index contributed by atoms with van der Waals surface area (Å²) in [7, 11) is 0.393. The second-order valence-corrected chi connectivity index (χ2v) is 9.36. The monoisotopic (exact) mass is 358 g/mol. The van der Waals surface area contributed by atoms with Gasteiger partial charge in [-0.2, -0.15) is 0 Å². The lowest BCUT2D eigenvalue weighted by Gasteiger charge is -2.45. The summed E-state index contributed by atoms with van der Waals surface area (Å²) in [5.41, 5.74) is 0. The van der Waals surface area contributed by atoms with Gasteiger partial charge in [-0.3, -0.25) is 4.79 Å². The van der Waals surface area contributed by atoms with Gasteiger partial charge in [-0.1, -0.05) is 0 Å². The molecule has 0 aromatic rings. The molecule has 0 saturated carbocycles. The van der Waals surface area contributed by atoms with Gasteiger partial charge in [-0.15, -0.1) is 0 Å². The second kappa shape index (κ2) is 6.51. The number of urea groups is 1. The van der Waals surface area contributed by atoms with Crippen LogP contribution in [0.3, 0.4) is 0 Å². The van der Waals surface area contributed by atoms with E-state index in [2.05, 4.69) is 0 Å². The first-order valence-corrected chi connectivity index (χ1v) is 10.3. The first-order valence-electron chi connectivity index (χ1n) is 8.49. The average molecular weight is 358 g/mol. The summed E-state index contributed by atoms with van der Waals surface area (Å²) in [5, 5.41) is 0. The zero-order valence-corrected chi connectivity index (χ0v) is 15.2. The van der Waals surface area contributed by atoms with Crippen molar-refractivity contribution in [1.82, 2.24) is 19.6 Å². The number of likely N-dealkylation sites (N-methyl/N-ethyl adjacent to an activating group) is 1. The molecule has 2 atom stereocenters. The number of hydrogen-bond acceptors (Lipinski definition) is 5. The van der Waals surface area contributed by atoms with Crippen LogP contribution < -0.4 is 0 Å². The molecular formula is C15H26N4O4S. The van der Waals surface area contributed by atoms with E-state index in [0.29, 0.717) is 13.1 Å². The molecule has 3 rings (SSSR count). The molecule has 3 saturated heterocycles. The van der Waals surface area contributed by atoms with Gasteiger partial charge in [-0.25, -0.2) is 13.2 Å². The molecule has 0 aromatic heterocycles. The van der Waals surface area contributed by atoms with Gasteiger partial charge in [0.15, 0.2) is 9.84 Å². The maximum Gasteiger partial charge on any atom is 0.320 e. The molecule has 0 bridgehead atoms. The quantitative estimate of drug-likeness (QED) is 0.637. The van der Waals surface area contributed by atoms with E-state index in [9.17, 15) is 18.0 Å². The molecule has 3 heterocycles. The molecule has 3 aliphatic heterocycles. The summed E-state index contributed by atoms with van der Waals surface area (Å²) >= 11 is 0. The number of sulfone groups is 1. The highest BCUT2D eigenvalue weighted by Crippen LogP contribution is 2.28. The fourth-order valence-electron chi connectivity index (χ4n) is 3.95. The minimum atomic E-state index is -3.23. The van der Waals surface area contributed by atoms with Crippen molar-refractivity contribution in [3.63, 3.8) is 0 Å². The Morgan fingerprint density at radius 2 is 1.50 bits per heavy atom. The number of nitrogens with zero attached hydrogens (tertiary/aromatic N) is 4. The number of carbonyl (C=O) groups is 2. The van der Waals surface area contributed by atoms with Crippen LogP contribution in [-0.2, 0) is 14.6 Å². The zero-order valence-electron chi connectivity index (χ0n) is 14.3. The van der Waals surface area contributed by atoms with Crippen LogP contribution in [0.1, 0.15) is 12.8 Å². The van der Waals surface area contributed by atoms with Crippen molar-refractivity contribution in [2.75, 3.05) is 58.3 Å². The second-order valence-electron chi connectivity index (χ2n) is 7.21. The lowest BCUT2D eigenvalue weighted by atomic mass is 10.0. The van der Waals surface area contributed by atoms with Crippen LogP contribution in [-0.4, -0.2) is 110 Å². The van der Waals surface area contributed by atoms with Gasteiger partial charge in [-0.05, 0) is 26.9 Å². The summed E-state index contributed by atoms with van der Waals surface area (Å²) in [5.74, 6) is -0.149. The van der Waals surface area contributed by atoms with Crippen molar-refractivity contribution < 1.29 is 18.0 Å². The van der Waals surface area contributed by atoms with Gasteiger partial charge < -0.3 is 19.6 Å². The number of fused-ring (bicyclic) bond motifs is 1. The van der Waals surface area contributed by atoms with Gasteiger partial charge in [0.05, 0.1) is 30.1 Å². The summed E-state index contributed by atoms with van der Waals surface area (Å²) in [6, 6.07) is -0.898. The van der Waals surface area contributed by atoms with Gasteiger partial charge >= 0.3 is 6.03 Å². The lowest BCUT2D eigenvalue weighted by molar-refractivity contribution is -0.137. The van der Waals surface area contributed by atoms with Crippen LogP contribution >= 0.6 is 0 Å². The van der Waals surface area contributed by atoms with E-state index in [-0.39, 0.29) is 30.0 Å². The maximum atomic E-state index is 12.8. The Morgan fingerprint density at radius 1 is 0.958 bits per heavy atom. The fraction of sp³-hybridized carbons (Fsp3) is 0.867. The molecule has 136 valence electrons. The first-order chi connectivity index (χ1) is 11.3. The van der Waals surface area contributed by atoms with Crippen LogP contribution in [0.5, 0.6) is 0 Å². The number of piperazine rings is 1. The number of hydrogen-bond donors (Lipinski definition) is 0. The molecule has 0 radical (unpaired) electrons. The summed E-state index contributed by atoms with van der Waals surface area (Å²) in [4.78, 5) is 32.2. The molecule has 0 aliphatic carbocycles. The highest BCUT2D eigenvalue weighted by Gasteiger charge is 2.50. The Bertz CT molecular complexity index is 615. The van der Waals surface area contributed by atoms with E-state index in [4.69, 9.17) is 0 Å². The van der Waals surface area contributed by atoms with Crippen LogP contribution in [0.2, 0.25) is 0 Å². The third-order valence-electron chi connectivity index (χ3n) is 5.07. The summed E-state index contributed by atoms with van der Waals surface area (Å²) in [6.45, 7) is 2.54. The Balaban J connectivity index is 1.79. The fourth-order valence-corrected chi connectivity index (χ4v) is 5.93. The van der Waals surface area contributed by atoms with Gasteiger partial charge in [0.25, 0.3) is 0 Å². The Hall–Kier alpha value is -1.35. The van der Waals surface area contributed by atoms with Gasteiger partial charge in [0.1, 0.15) is 0 Å². The van der Waals surface area contributed by atoms with Gasteiger partial charge in [0, 0.05) is 26.2 Å². The van der Waals surface area contributed by atoms with Crippen LogP contribution in [0, 0.1) is 0 Å². The first kappa shape index (κ1) is 17.5. The van der Waals surface area contributed by atoms with E-state index >= 15 is 0 Å². The van der Waals surface area contributed by atoms with Crippen molar-refractivity contribution in [2.45, 2.75) is 24.9 Å². The molecule has 0 aromatic carbocycles. The van der Waals surface area contributed by atoms with E-state index in [1.165, 1.54) is 0 Å². The standard InChI is InChI=1S/C15H26N4O4S/c1-16(2)9-14(20)18-7-8-19(15(21)17-5-3-4-6-17)13-11-24(22,23)10-12(13)18/h12-13H,3-11H2,1-2H3/t12-,13+/m1/s1. The molecule has 8 nitrogen and oxygen atoms in total. The Kier molecular flexibility index (Phi) is 4.74. The normalized spacial score (nSPS) is 29.2. The van der Waals surface area contributed by atoms with E-state index in [0.717, 1.165) is 25.9 Å². The zero-order chi connectivity index (χ0) is 17.5. The molecular weight excluding hydrogens is 332 g/mol. The third kappa shape index (κ3) is 3.37. The Labute approximate surface area is 143 Å². The molecule has 3 aliphatic rings. The van der Waals surface area contributed by atoms with Crippen molar-refractivity contribution in [1.29, 1.82) is 0 Å². The topological polar surface area (TPSA) is 81.2 Å². The predicted molar refractivity (Wildman–Crippen MR) is 89.4 cm³/mol. The van der Waals surface area contributed by atoms with E-state index in [1.807, 2.05) is 14.1 Å². The van der Waals surface area contributed by atoms with Crippen molar-refractivity contribution in [3.8, 4) is 0 Å². The molecule has 3 amide bonds.